The van der Waals surface area contributed by atoms with E-state index in [1.165, 1.54) is 10.5 Å². The SMILES string of the molecule is CN1C(=O)NC(=O)C2C1N=C(SCCc1ccccc1)N2Cc1ccccc1. The molecule has 2 unspecified atom stereocenters. The first-order valence-corrected chi connectivity index (χ1v) is 10.2. The number of carbonyl (C=O) groups is 2. The van der Waals surface area contributed by atoms with Gasteiger partial charge < -0.3 is 9.80 Å². The Hall–Kier alpha value is -2.80. The number of amides is 3. The number of urea groups is 1. The molecule has 4 rings (SSSR count). The summed E-state index contributed by atoms with van der Waals surface area (Å²) in [5.74, 6) is 0.568. The summed E-state index contributed by atoms with van der Waals surface area (Å²) in [6, 6.07) is 19.4. The van der Waals surface area contributed by atoms with Gasteiger partial charge >= 0.3 is 6.03 Å². The first-order chi connectivity index (χ1) is 13.6. The Morgan fingerprint density at radius 1 is 1.00 bits per heavy atom. The van der Waals surface area contributed by atoms with Gasteiger partial charge in [-0.1, -0.05) is 72.4 Å². The number of hydrogen-bond donors (Lipinski definition) is 1. The van der Waals surface area contributed by atoms with Crippen LogP contribution in [0.5, 0.6) is 0 Å². The van der Waals surface area contributed by atoms with Crippen LogP contribution in [0, 0.1) is 0 Å². The van der Waals surface area contributed by atoms with Crippen molar-refractivity contribution in [2.45, 2.75) is 25.2 Å². The van der Waals surface area contributed by atoms with Gasteiger partial charge in [0, 0.05) is 19.3 Å². The van der Waals surface area contributed by atoms with E-state index in [0.717, 1.165) is 22.9 Å². The molecule has 28 heavy (non-hydrogen) atoms. The van der Waals surface area contributed by atoms with E-state index in [1.807, 2.05) is 53.4 Å². The van der Waals surface area contributed by atoms with Crippen LogP contribution in [0.3, 0.4) is 0 Å². The molecule has 2 aromatic rings. The second-order valence-electron chi connectivity index (χ2n) is 6.87. The number of amidine groups is 1. The third-order valence-corrected chi connectivity index (χ3v) is 5.99. The average Bonchev–Trinajstić information content (AvgIpc) is 3.07. The molecule has 144 valence electrons. The van der Waals surface area contributed by atoms with E-state index in [2.05, 4.69) is 17.4 Å². The van der Waals surface area contributed by atoms with Crippen molar-refractivity contribution in [2.24, 2.45) is 4.99 Å². The topological polar surface area (TPSA) is 65.0 Å². The van der Waals surface area contributed by atoms with Gasteiger partial charge in [-0.25, -0.2) is 9.79 Å². The summed E-state index contributed by atoms with van der Waals surface area (Å²) in [6.45, 7) is 0.578. The van der Waals surface area contributed by atoms with Crippen LogP contribution in [0.4, 0.5) is 4.79 Å². The number of hydrogen-bond acceptors (Lipinski definition) is 5. The summed E-state index contributed by atoms with van der Waals surface area (Å²) in [7, 11) is 1.68. The number of nitrogens with zero attached hydrogens (tertiary/aromatic N) is 3. The van der Waals surface area contributed by atoms with E-state index in [0.29, 0.717) is 6.54 Å². The number of aliphatic imine (C=N–C) groups is 1. The zero-order valence-electron chi connectivity index (χ0n) is 15.6. The van der Waals surface area contributed by atoms with Crippen molar-refractivity contribution in [3.63, 3.8) is 0 Å². The highest BCUT2D eigenvalue weighted by atomic mass is 32.2. The van der Waals surface area contributed by atoms with Gasteiger partial charge in [0.2, 0.25) is 0 Å². The first-order valence-electron chi connectivity index (χ1n) is 9.26. The van der Waals surface area contributed by atoms with Crippen molar-refractivity contribution in [3.8, 4) is 0 Å². The van der Waals surface area contributed by atoms with Gasteiger partial charge in [-0.2, -0.15) is 0 Å². The molecule has 0 bridgehead atoms. The Balaban J connectivity index is 1.53. The molecule has 1 saturated heterocycles. The van der Waals surface area contributed by atoms with Crippen molar-refractivity contribution in [2.75, 3.05) is 12.8 Å². The van der Waals surface area contributed by atoms with Crippen LogP contribution in [0.25, 0.3) is 0 Å². The maximum absolute atomic E-state index is 12.6. The second-order valence-corrected chi connectivity index (χ2v) is 7.94. The van der Waals surface area contributed by atoms with Gasteiger partial charge in [0.05, 0.1) is 0 Å². The number of carbonyl (C=O) groups excluding carboxylic acids is 2. The van der Waals surface area contributed by atoms with Gasteiger partial charge in [-0.15, -0.1) is 0 Å². The molecular weight excluding hydrogens is 372 g/mol. The lowest BCUT2D eigenvalue weighted by atomic mass is 10.1. The van der Waals surface area contributed by atoms with E-state index >= 15 is 0 Å². The highest BCUT2D eigenvalue weighted by Gasteiger charge is 2.48. The Morgan fingerprint density at radius 3 is 2.32 bits per heavy atom. The lowest BCUT2D eigenvalue weighted by Gasteiger charge is -2.36. The van der Waals surface area contributed by atoms with E-state index in [-0.39, 0.29) is 5.91 Å². The van der Waals surface area contributed by atoms with Crippen molar-refractivity contribution >= 4 is 28.9 Å². The molecule has 0 radical (unpaired) electrons. The van der Waals surface area contributed by atoms with E-state index < -0.39 is 18.2 Å². The van der Waals surface area contributed by atoms with Crippen LogP contribution in [0.15, 0.2) is 65.7 Å². The number of nitrogens with one attached hydrogen (secondary N) is 1. The highest BCUT2D eigenvalue weighted by Crippen LogP contribution is 2.30. The normalized spacial score (nSPS) is 21.4. The maximum Gasteiger partial charge on any atom is 0.325 e. The van der Waals surface area contributed by atoms with Crippen LogP contribution in [0.2, 0.25) is 0 Å². The van der Waals surface area contributed by atoms with E-state index in [4.69, 9.17) is 4.99 Å². The molecular formula is C21H22N4O2S. The van der Waals surface area contributed by atoms with Crippen molar-refractivity contribution in [1.29, 1.82) is 0 Å². The molecule has 6 nitrogen and oxygen atoms in total. The van der Waals surface area contributed by atoms with Crippen LogP contribution in [-0.4, -0.2) is 51.9 Å². The minimum absolute atomic E-state index is 0.286. The molecule has 2 aliphatic heterocycles. The molecule has 2 aliphatic rings. The Bertz CT molecular complexity index is 888. The fraction of sp³-hybridized carbons (Fsp3) is 0.286. The van der Waals surface area contributed by atoms with Crippen LogP contribution >= 0.6 is 11.8 Å². The Morgan fingerprint density at radius 2 is 1.64 bits per heavy atom. The van der Waals surface area contributed by atoms with Crippen molar-refractivity contribution in [3.05, 3.63) is 71.8 Å². The molecule has 0 spiro atoms. The number of rotatable bonds is 5. The third kappa shape index (κ3) is 3.75. The minimum Gasteiger partial charge on any atom is -0.331 e. The number of aryl methyl sites for hydroxylation is 1. The zero-order valence-corrected chi connectivity index (χ0v) is 16.4. The Kier molecular flexibility index (Phi) is 5.34. The lowest BCUT2D eigenvalue weighted by Crippen LogP contribution is -2.63. The molecule has 0 aliphatic carbocycles. The molecule has 7 heteroatoms. The quantitative estimate of drug-likeness (QED) is 0.847. The number of thioether (sulfide) groups is 1. The predicted octanol–water partition coefficient (Wildman–Crippen LogP) is 2.71. The van der Waals surface area contributed by atoms with Gasteiger partial charge in [0.25, 0.3) is 5.91 Å². The summed E-state index contributed by atoms with van der Waals surface area (Å²) in [6.07, 6.45) is 0.434. The summed E-state index contributed by atoms with van der Waals surface area (Å²) >= 11 is 1.64. The van der Waals surface area contributed by atoms with E-state index in [1.54, 1.807) is 18.8 Å². The van der Waals surface area contributed by atoms with Crippen molar-refractivity contribution in [1.82, 2.24) is 15.1 Å². The highest BCUT2D eigenvalue weighted by molar-refractivity contribution is 8.13. The molecule has 1 N–H and O–H groups in total. The molecule has 2 heterocycles. The lowest BCUT2D eigenvalue weighted by molar-refractivity contribution is -0.127. The van der Waals surface area contributed by atoms with Gasteiger partial charge in [-0.05, 0) is 17.5 Å². The Labute approximate surface area is 168 Å². The molecule has 2 aromatic carbocycles. The summed E-state index contributed by atoms with van der Waals surface area (Å²) in [5.41, 5.74) is 2.37. The second kappa shape index (κ2) is 8.06. The number of imide groups is 1. The van der Waals surface area contributed by atoms with Gasteiger partial charge in [-0.3, -0.25) is 10.1 Å². The zero-order chi connectivity index (χ0) is 19.5. The third-order valence-electron chi connectivity index (χ3n) is 4.98. The van der Waals surface area contributed by atoms with Crippen LogP contribution < -0.4 is 5.32 Å². The maximum atomic E-state index is 12.6. The predicted molar refractivity (Wildman–Crippen MR) is 111 cm³/mol. The largest absolute Gasteiger partial charge is 0.331 e. The summed E-state index contributed by atoms with van der Waals surface area (Å²) in [4.78, 5) is 32.9. The number of benzene rings is 2. The van der Waals surface area contributed by atoms with Gasteiger partial charge in [0.1, 0.15) is 0 Å². The summed E-state index contributed by atoms with van der Waals surface area (Å²) in [5, 5.41) is 3.25. The van der Waals surface area contributed by atoms with E-state index in [9.17, 15) is 9.59 Å². The van der Waals surface area contributed by atoms with Crippen LogP contribution in [0.1, 0.15) is 11.1 Å². The van der Waals surface area contributed by atoms with Crippen molar-refractivity contribution < 1.29 is 9.59 Å². The standard InChI is InChI=1S/C21H22N4O2S/c1-24-18-17(19(26)23-20(24)27)25(14-16-10-6-3-7-11-16)21(22-18)28-13-12-15-8-4-2-5-9-15/h2-11,17-18H,12-14H2,1H3,(H,23,26,27). The van der Waals surface area contributed by atoms with Crippen LogP contribution in [-0.2, 0) is 17.8 Å². The molecule has 3 amide bonds. The smallest absolute Gasteiger partial charge is 0.325 e. The van der Waals surface area contributed by atoms with Gasteiger partial charge in [0.15, 0.2) is 17.4 Å². The first kappa shape index (κ1) is 18.6. The minimum atomic E-state index is -0.498. The fourth-order valence-electron chi connectivity index (χ4n) is 3.47. The molecule has 2 atom stereocenters. The number of likely N-dealkylation sites (N-methyl/N-ethyl adjacent to an activating group) is 1. The average molecular weight is 395 g/mol. The molecule has 1 fully saturated rings. The number of fused-ring (bicyclic) bond motifs is 1. The molecule has 0 saturated carbocycles. The fourth-order valence-corrected chi connectivity index (χ4v) is 4.52. The molecule has 0 aromatic heterocycles. The summed E-state index contributed by atoms with van der Waals surface area (Å²) < 4.78 is 0. The monoisotopic (exact) mass is 394 g/mol.